The Morgan fingerprint density at radius 3 is 2.43 bits per heavy atom. The topological polar surface area (TPSA) is 40.5 Å². The monoisotopic (exact) mass is 309 g/mol. The fraction of sp³-hybridized carbons (Fsp3) is 0.350. The Bertz CT molecular complexity index is 651. The molecular formula is C20H23NO2. The molecule has 120 valence electrons. The summed E-state index contributed by atoms with van der Waals surface area (Å²) in [6, 6.07) is 18.5. The van der Waals surface area contributed by atoms with Crippen LogP contribution in [0.2, 0.25) is 0 Å². The van der Waals surface area contributed by atoms with E-state index < -0.39 is 5.97 Å². The van der Waals surface area contributed by atoms with Gasteiger partial charge in [0.05, 0.1) is 5.56 Å². The number of rotatable bonds is 5. The summed E-state index contributed by atoms with van der Waals surface area (Å²) in [5.41, 5.74) is 2.95. The minimum Gasteiger partial charge on any atom is -0.478 e. The first-order chi connectivity index (χ1) is 11.1. The smallest absolute Gasteiger partial charge is 0.335 e. The van der Waals surface area contributed by atoms with E-state index in [1.807, 2.05) is 12.1 Å². The average molecular weight is 309 g/mol. The molecule has 1 aliphatic rings. The molecule has 2 atom stereocenters. The van der Waals surface area contributed by atoms with Crippen molar-refractivity contribution in [2.24, 2.45) is 5.92 Å². The van der Waals surface area contributed by atoms with Gasteiger partial charge in [-0.05, 0) is 55.5 Å². The average Bonchev–Trinajstić information content (AvgIpc) is 2.90. The molecule has 3 heteroatoms. The zero-order chi connectivity index (χ0) is 16.2. The lowest BCUT2D eigenvalue weighted by Crippen LogP contribution is -2.30. The number of carbonyl (C=O) groups is 1. The van der Waals surface area contributed by atoms with Gasteiger partial charge in [0.15, 0.2) is 0 Å². The van der Waals surface area contributed by atoms with Crippen molar-refractivity contribution in [3.05, 3.63) is 71.3 Å². The van der Waals surface area contributed by atoms with Gasteiger partial charge < -0.3 is 5.11 Å². The Labute approximate surface area is 137 Å². The Morgan fingerprint density at radius 2 is 1.78 bits per heavy atom. The van der Waals surface area contributed by atoms with Crippen molar-refractivity contribution in [1.82, 2.24) is 4.90 Å². The summed E-state index contributed by atoms with van der Waals surface area (Å²) < 4.78 is 0. The summed E-state index contributed by atoms with van der Waals surface area (Å²) in [4.78, 5) is 13.4. The van der Waals surface area contributed by atoms with Crippen molar-refractivity contribution >= 4 is 5.97 Å². The molecule has 1 fully saturated rings. The molecule has 0 bridgehead atoms. The molecule has 3 nitrogen and oxygen atoms in total. The van der Waals surface area contributed by atoms with Crippen LogP contribution in [0.25, 0.3) is 0 Å². The van der Waals surface area contributed by atoms with Crippen LogP contribution in [0.15, 0.2) is 54.6 Å². The van der Waals surface area contributed by atoms with Crippen molar-refractivity contribution in [2.75, 3.05) is 6.54 Å². The molecule has 1 aliphatic heterocycles. The van der Waals surface area contributed by atoms with Gasteiger partial charge in [-0.25, -0.2) is 4.79 Å². The molecule has 1 saturated heterocycles. The van der Waals surface area contributed by atoms with Gasteiger partial charge >= 0.3 is 5.97 Å². The normalized spacial score (nSPS) is 21.4. The first-order valence-corrected chi connectivity index (χ1v) is 8.23. The lowest BCUT2D eigenvalue weighted by atomic mass is 9.93. The maximum atomic E-state index is 10.9. The van der Waals surface area contributed by atoms with Crippen LogP contribution in [-0.2, 0) is 13.0 Å². The summed E-state index contributed by atoms with van der Waals surface area (Å²) in [6.07, 6.45) is 2.36. The Balaban J connectivity index is 1.60. The van der Waals surface area contributed by atoms with Gasteiger partial charge in [-0.1, -0.05) is 42.5 Å². The van der Waals surface area contributed by atoms with Crippen LogP contribution in [0.5, 0.6) is 0 Å². The number of nitrogens with zero attached hydrogens (tertiary/aromatic N) is 1. The summed E-state index contributed by atoms with van der Waals surface area (Å²) >= 11 is 0. The Morgan fingerprint density at radius 1 is 1.09 bits per heavy atom. The van der Waals surface area contributed by atoms with E-state index in [2.05, 4.69) is 42.2 Å². The maximum absolute atomic E-state index is 10.9. The van der Waals surface area contributed by atoms with Crippen molar-refractivity contribution < 1.29 is 9.90 Å². The van der Waals surface area contributed by atoms with Gasteiger partial charge in [-0.15, -0.1) is 0 Å². The van der Waals surface area contributed by atoms with Gasteiger partial charge in [-0.3, -0.25) is 4.90 Å². The van der Waals surface area contributed by atoms with Crippen molar-refractivity contribution in [3.8, 4) is 0 Å². The predicted octanol–water partition coefficient (Wildman–Crippen LogP) is 3.84. The second kappa shape index (κ2) is 6.97. The second-order valence-corrected chi connectivity index (χ2v) is 6.45. The van der Waals surface area contributed by atoms with E-state index >= 15 is 0 Å². The van der Waals surface area contributed by atoms with Crippen molar-refractivity contribution in [3.63, 3.8) is 0 Å². The van der Waals surface area contributed by atoms with Crippen LogP contribution in [0.4, 0.5) is 0 Å². The number of likely N-dealkylation sites (tertiary alicyclic amines) is 1. The standard InChI is InChI=1S/C20H23NO2/c1-15-19(13-16-5-3-2-4-6-16)11-12-21(15)14-17-7-9-18(10-8-17)20(22)23/h2-10,15,19H,11-14H2,1H3,(H,22,23). The van der Waals surface area contributed by atoms with E-state index in [0.717, 1.165) is 19.5 Å². The highest BCUT2D eigenvalue weighted by Gasteiger charge is 2.30. The molecule has 2 aromatic rings. The largest absolute Gasteiger partial charge is 0.478 e. The van der Waals surface area contributed by atoms with E-state index in [4.69, 9.17) is 5.11 Å². The predicted molar refractivity (Wildman–Crippen MR) is 91.5 cm³/mol. The summed E-state index contributed by atoms with van der Waals surface area (Å²) in [7, 11) is 0. The van der Waals surface area contributed by atoms with E-state index in [9.17, 15) is 4.79 Å². The second-order valence-electron chi connectivity index (χ2n) is 6.45. The maximum Gasteiger partial charge on any atom is 0.335 e. The van der Waals surface area contributed by atoms with Gasteiger partial charge in [-0.2, -0.15) is 0 Å². The lowest BCUT2D eigenvalue weighted by Gasteiger charge is -2.25. The van der Waals surface area contributed by atoms with Crippen LogP contribution in [0.1, 0.15) is 34.8 Å². The minimum absolute atomic E-state index is 0.352. The summed E-state index contributed by atoms with van der Waals surface area (Å²) in [5.74, 6) is -0.176. The highest BCUT2D eigenvalue weighted by atomic mass is 16.4. The zero-order valence-electron chi connectivity index (χ0n) is 13.5. The molecule has 2 aromatic carbocycles. The number of carboxylic acids is 1. The highest BCUT2D eigenvalue weighted by Crippen LogP contribution is 2.28. The molecule has 3 rings (SSSR count). The number of carboxylic acid groups (broad SMARTS) is 1. The van der Waals surface area contributed by atoms with E-state index in [1.165, 1.54) is 17.5 Å². The van der Waals surface area contributed by atoms with Crippen LogP contribution < -0.4 is 0 Å². The number of benzene rings is 2. The minimum atomic E-state index is -0.867. The molecule has 0 amide bonds. The molecule has 0 aliphatic carbocycles. The van der Waals surface area contributed by atoms with E-state index in [-0.39, 0.29) is 0 Å². The first-order valence-electron chi connectivity index (χ1n) is 8.23. The third kappa shape index (κ3) is 3.80. The first kappa shape index (κ1) is 15.8. The fourth-order valence-corrected chi connectivity index (χ4v) is 3.47. The van der Waals surface area contributed by atoms with Gasteiger partial charge in [0.2, 0.25) is 0 Å². The Kier molecular flexibility index (Phi) is 4.77. The molecule has 0 spiro atoms. The highest BCUT2D eigenvalue weighted by molar-refractivity contribution is 5.87. The summed E-state index contributed by atoms with van der Waals surface area (Å²) in [5, 5.41) is 8.97. The summed E-state index contributed by atoms with van der Waals surface area (Å²) in [6.45, 7) is 4.32. The van der Waals surface area contributed by atoms with E-state index in [0.29, 0.717) is 17.5 Å². The molecule has 0 radical (unpaired) electrons. The lowest BCUT2D eigenvalue weighted by molar-refractivity contribution is 0.0697. The number of hydrogen-bond donors (Lipinski definition) is 1. The van der Waals surface area contributed by atoms with Gasteiger partial charge in [0, 0.05) is 12.6 Å². The molecule has 2 unspecified atom stereocenters. The quantitative estimate of drug-likeness (QED) is 0.912. The van der Waals surface area contributed by atoms with E-state index in [1.54, 1.807) is 12.1 Å². The van der Waals surface area contributed by atoms with Gasteiger partial charge in [0.25, 0.3) is 0 Å². The molecule has 0 aromatic heterocycles. The molecule has 23 heavy (non-hydrogen) atoms. The Hall–Kier alpha value is -2.13. The molecular weight excluding hydrogens is 286 g/mol. The zero-order valence-corrected chi connectivity index (χ0v) is 13.5. The van der Waals surface area contributed by atoms with Crippen LogP contribution in [-0.4, -0.2) is 28.6 Å². The van der Waals surface area contributed by atoms with Crippen LogP contribution in [0, 0.1) is 5.92 Å². The number of hydrogen-bond acceptors (Lipinski definition) is 2. The molecule has 1 heterocycles. The SMILES string of the molecule is CC1C(Cc2ccccc2)CCN1Cc1ccc(C(=O)O)cc1. The third-order valence-corrected chi connectivity index (χ3v) is 4.97. The van der Waals surface area contributed by atoms with Crippen molar-refractivity contribution in [2.45, 2.75) is 32.4 Å². The van der Waals surface area contributed by atoms with Gasteiger partial charge in [0.1, 0.15) is 0 Å². The fourth-order valence-electron chi connectivity index (χ4n) is 3.47. The van der Waals surface area contributed by atoms with Crippen LogP contribution >= 0.6 is 0 Å². The third-order valence-electron chi connectivity index (χ3n) is 4.97. The number of aromatic carboxylic acids is 1. The van der Waals surface area contributed by atoms with Crippen LogP contribution in [0.3, 0.4) is 0 Å². The van der Waals surface area contributed by atoms with Crippen molar-refractivity contribution in [1.29, 1.82) is 0 Å². The molecule has 0 saturated carbocycles. The molecule has 1 N–H and O–H groups in total.